The van der Waals surface area contributed by atoms with Gasteiger partial charge in [-0.2, -0.15) is 0 Å². The smallest absolute Gasteiger partial charge is 0.187 e. The van der Waals surface area contributed by atoms with E-state index >= 15 is 0 Å². The summed E-state index contributed by atoms with van der Waals surface area (Å²) in [6.45, 7) is 3.71. The van der Waals surface area contributed by atoms with Crippen molar-refractivity contribution in [3.63, 3.8) is 0 Å². The van der Waals surface area contributed by atoms with Gasteiger partial charge in [0.2, 0.25) is 0 Å². The third kappa shape index (κ3) is 7.85. The van der Waals surface area contributed by atoms with Crippen LogP contribution in [0, 0.1) is 0 Å². The molecule has 1 aliphatic heterocycles. The zero-order chi connectivity index (χ0) is 26.7. The van der Waals surface area contributed by atoms with Crippen LogP contribution < -0.4 is 0 Å². The van der Waals surface area contributed by atoms with Gasteiger partial charge in [0.25, 0.3) is 0 Å². The molecular weight excluding hydrogens is 488 g/mol. The maximum Gasteiger partial charge on any atom is 0.187 e. The molecule has 4 aromatic rings. The molecule has 0 bridgehead atoms. The summed E-state index contributed by atoms with van der Waals surface area (Å²) in [5.41, 5.74) is 4.32. The molecule has 0 amide bonds. The predicted octanol–water partition coefficient (Wildman–Crippen LogP) is 6.70. The molecule has 39 heavy (non-hydrogen) atoms. The van der Waals surface area contributed by atoms with Crippen molar-refractivity contribution in [1.29, 1.82) is 0 Å². The normalized spacial score (nSPS) is 22.9. The number of hydrogen-bond donors (Lipinski definition) is 0. The molecule has 1 saturated heterocycles. The van der Waals surface area contributed by atoms with E-state index in [2.05, 4.69) is 36.4 Å². The second-order valence-electron chi connectivity index (χ2n) is 9.79. The predicted molar refractivity (Wildman–Crippen MR) is 151 cm³/mol. The van der Waals surface area contributed by atoms with Crippen molar-refractivity contribution in [3.8, 4) is 0 Å². The van der Waals surface area contributed by atoms with Crippen LogP contribution in [-0.2, 0) is 50.1 Å². The Kier molecular flexibility index (Phi) is 9.91. The minimum Gasteiger partial charge on any atom is -0.368 e. The maximum atomic E-state index is 6.61. The lowest BCUT2D eigenvalue weighted by Crippen LogP contribution is -2.60. The van der Waals surface area contributed by atoms with Crippen LogP contribution in [0.25, 0.3) is 0 Å². The van der Waals surface area contributed by atoms with Crippen molar-refractivity contribution < 1.29 is 23.7 Å². The highest BCUT2D eigenvalue weighted by molar-refractivity contribution is 5.16. The lowest BCUT2D eigenvalue weighted by atomic mass is 9.98. The summed E-state index contributed by atoms with van der Waals surface area (Å²) in [6.07, 6.45) is -2.17. The van der Waals surface area contributed by atoms with Crippen molar-refractivity contribution >= 4 is 0 Å². The molecule has 0 saturated carbocycles. The van der Waals surface area contributed by atoms with Crippen molar-refractivity contribution in [2.24, 2.45) is 0 Å². The van der Waals surface area contributed by atoms with E-state index in [1.807, 2.05) is 91.9 Å². The monoisotopic (exact) mass is 524 g/mol. The van der Waals surface area contributed by atoms with Gasteiger partial charge in [0.1, 0.15) is 18.3 Å². The van der Waals surface area contributed by atoms with Crippen LogP contribution in [0.15, 0.2) is 121 Å². The van der Waals surface area contributed by atoms with Gasteiger partial charge < -0.3 is 23.7 Å². The van der Waals surface area contributed by atoms with Gasteiger partial charge in [0, 0.05) is 0 Å². The lowest BCUT2D eigenvalue weighted by Gasteiger charge is -2.45. The molecular formula is C34H36O5. The van der Waals surface area contributed by atoms with E-state index in [0.29, 0.717) is 26.4 Å². The molecule has 5 rings (SSSR count). The first kappa shape index (κ1) is 27.3. The average Bonchev–Trinajstić information content (AvgIpc) is 3.00. The molecule has 202 valence electrons. The molecule has 0 aromatic heterocycles. The third-order valence-corrected chi connectivity index (χ3v) is 6.84. The molecule has 5 nitrogen and oxygen atoms in total. The summed E-state index contributed by atoms with van der Waals surface area (Å²) < 4.78 is 32.4. The highest BCUT2D eigenvalue weighted by Crippen LogP contribution is 2.31. The van der Waals surface area contributed by atoms with Crippen LogP contribution in [-0.4, -0.2) is 30.7 Å². The number of rotatable bonds is 12. The van der Waals surface area contributed by atoms with Gasteiger partial charge in [-0.25, -0.2) is 0 Å². The fourth-order valence-corrected chi connectivity index (χ4v) is 4.76. The molecule has 1 heterocycles. The molecule has 0 aliphatic carbocycles. The number of ether oxygens (including phenoxy) is 5. The largest absolute Gasteiger partial charge is 0.368 e. The number of benzene rings is 4. The second-order valence-corrected chi connectivity index (χ2v) is 9.79. The summed E-state index contributed by atoms with van der Waals surface area (Å²) in [7, 11) is 0. The fourth-order valence-electron chi connectivity index (χ4n) is 4.76. The Morgan fingerprint density at radius 1 is 0.436 bits per heavy atom. The van der Waals surface area contributed by atoms with Crippen molar-refractivity contribution in [3.05, 3.63) is 144 Å². The van der Waals surface area contributed by atoms with Gasteiger partial charge in [0.05, 0.1) is 32.5 Å². The van der Waals surface area contributed by atoms with E-state index in [0.717, 1.165) is 22.3 Å². The Labute approximate surface area is 231 Å². The summed E-state index contributed by atoms with van der Waals surface area (Å²) in [4.78, 5) is 0. The second kappa shape index (κ2) is 14.2. The lowest BCUT2D eigenvalue weighted by molar-refractivity contribution is -0.322. The first-order valence-electron chi connectivity index (χ1n) is 13.5. The van der Waals surface area contributed by atoms with Crippen LogP contribution in [0.1, 0.15) is 29.2 Å². The molecule has 5 heteroatoms. The molecule has 0 N–H and O–H groups in total. The Morgan fingerprint density at radius 3 is 1.18 bits per heavy atom. The minimum atomic E-state index is -0.624. The summed E-state index contributed by atoms with van der Waals surface area (Å²) >= 11 is 0. The maximum absolute atomic E-state index is 6.61. The van der Waals surface area contributed by atoms with E-state index < -0.39 is 18.5 Å². The van der Waals surface area contributed by atoms with Gasteiger partial charge in [-0.05, 0) is 29.2 Å². The van der Waals surface area contributed by atoms with Gasteiger partial charge in [-0.15, -0.1) is 0 Å². The zero-order valence-electron chi connectivity index (χ0n) is 22.3. The van der Waals surface area contributed by atoms with Crippen molar-refractivity contribution in [2.75, 3.05) is 0 Å². The Morgan fingerprint density at radius 2 is 0.769 bits per heavy atom. The third-order valence-electron chi connectivity index (χ3n) is 6.84. The van der Waals surface area contributed by atoms with Crippen LogP contribution in [0.2, 0.25) is 0 Å². The van der Waals surface area contributed by atoms with E-state index in [4.69, 9.17) is 23.7 Å². The van der Waals surface area contributed by atoms with Gasteiger partial charge >= 0.3 is 0 Å². The van der Waals surface area contributed by atoms with Gasteiger partial charge in [-0.3, -0.25) is 0 Å². The quantitative estimate of drug-likeness (QED) is 0.206. The Balaban J connectivity index is 1.38. The van der Waals surface area contributed by atoms with Crippen molar-refractivity contribution in [2.45, 2.75) is 64.1 Å². The summed E-state index contributed by atoms with van der Waals surface area (Å²) in [5, 5.41) is 0. The molecule has 2 unspecified atom stereocenters. The standard InChI is InChI=1S/C34H36O5/c1-26-31(35-22-27-14-6-2-7-15-27)32(36-23-28-16-8-3-9-17-28)33(37-24-29-18-10-4-11-19-29)34(39-26)38-25-30-20-12-5-13-21-30/h2-21,26,31-34H,22-25H2,1H3/t26?,31-,32-,33?,34+/m0/s1. The Hall–Kier alpha value is -3.32. The minimum absolute atomic E-state index is 0.271. The highest BCUT2D eigenvalue weighted by atomic mass is 16.7. The van der Waals surface area contributed by atoms with Crippen molar-refractivity contribution in [1.82, 2.24) is 0 Å². The van der Waals surface area contributed by atoms with E-state index in [9.17, 15) is 0 Å². The first-order chi connectivity index (χ1) is 19.3. The number of hydrogen-bond acceptors (Lipinski definition) is 5. The molecule has 1 fully saturated rings. The molecule has 1 aliphatic rings. The van der Waals surface area contributed by atoms with Crippen LogP contribution in [0.4, 0.5) is 0 Å². The fraction of sp³-hybridized carbons (Fsp3) is 0.294. The summed E-state index contributed by atoms with van der Waals surface area (Å²) in [6, 6.07) is 40.5. The molecule has 0 radical (unpaired) electrons. The van der Waals surface area contributed by atoms with Gasteiger partial charge in [0.15, 0.2) is 6.29 Å². The highest BCUT2D eigenvalue weighted by Gasteiger charge is 2.47. The van der Waals surface area contributed by atoms with E-state index in [-0.39, 0.29) is 12.2 Å². The molecule has 0 spiro atoms. The van der Waals surface area contributed by atoms with Crippen LogP contribution in [0.3, 0.4) is 0 Å². The Bertz CT molecular complexity index is 1220. The molecule has 4 aromatic carbocycles. The average molecular weight is 525 g/mol. The van der Waals surface area contributed by atoms with E-state index in [1.54, 1.807) is 0 Å². The van der Waals surface area contributed by atoms with Crippen LogP contribution >= 0.6 is 0 Å². The molecule has 5 atom stereocenters. The van der Waals surface area contributed by atoms with Crippen LogP contribution in [0.5, 0.6) is 0 Å². The first-order valence-corrected chi connectivity index (χ1v) is 13.5. The summed E-state index contributed by atoms with van der Waals surface area (Å²) in [5.74, 6) is 0. The topological polar surface area (TPSA) is 46.2 Å². The zero-order valence-corrected chi connectivity index (χ0v) is 22.3. The SMILES string of the molecule is CC1O[C@@H](OCc2ccccc2)C(OCc2ccccc2)[C@@H](OCc2ccccc2)[C@H]1OCc1ccccc1. The van der Waals surface area contributed by atoms with Gasteiger partial charge in [-0.1, -0.05) is 121 Å². The van der Waals surface area contributed by atoms with E-state index in [1.165, 1.54) is 0 Å².